The van der Waals surface area contributed by atoms with Gasteiger partial charge in [-0.1, -0.05) is 64.2 Å². The first-order chi connectivity index (χ1) is 18.1. The molecule has 2 atom stereocenters. The zero-order valence-corrected chi connectivity index (χ0v) is 25.0. The van der Waals surface area contributed by atoms with E-state index in [4.69, 9.17) is 4.74 Å². The Bertz CT molecular complexity index is 859. The van der Waals surface area contributed by atoms with E-state index in [-0.39, 0.29) is 17.6 Å². The maximum Gasteiger partial charge on any atom is 0.408 e. The summed E-state index contributed by atoms with van der Waals surface area (Å²) < 4.78 is 5.43. The van der Waals surface area contributed by atoms with Crippen LogP contribution in [0.4, 0.5) is 4.79 Å². The molecule has 3 amide bonds. The molecule has 0 radical (unpaired) electrons. The lowest BCUT2D eigenvalue weighted by atomic mass is 10.0. The number of carbonyl (C=O) groups is 3. The Kier molecular flexibility index (Phi) is 15.9. The highest BCUT2D eigenvalue weighted by molar-refractivity contribution is 7.98. The van der Waals surface area contributed by atoms with E-state index in [1.807, 2.05) is 13.2 Å². The number of hydrogen-bond donors (Lipinski definition) is 3. The lowest BCUT2D eigenvalue weighted by Crippen LogP contribution is -2.53. The zero-order valence-electron chi connectivity index (χ0n) is 24.2. The molecule has 0 aliphatic heterocycles. The van der Waals surface area contributed by atoms with Crippen LogP contribution in [-0.2, 0) is 14.3 Å². The smallest absolute Gasteiger partial charge is 0.408 e. The molecule has 216 valence electrons. The molecule has 0 saturated heterocycles. The number of rotatable bonds is 17. The third-order valence-electron chi connectivity index (χ3n) is 6.01. The molecule has 2 unspecified atom stereocenters. The molecular weight excluding hydrogens is 502 g/mol. The second-order valence-corrected chi connectivity index (χ2v) is 11.5. The number of unbranched alkanes of at least 4 members (excludes halogenated alkanes) is 5. The molecule has 9 heteroatoms. The van der Waals surface area contributed by atoms with Gasteiger partial charge in [-0.25, -0.2) is 4.79 Å². The summed E-state index contributed by atoms with van der Waals surface area (Å²) in [6.07, 6.45) is 8.23. The molecule has 0 saturated carbocycles. The Morgan fingerprint density at radius 3 is 2.29 bits per heavy atom. The predicted molar refractivity (Wildman–Crippen MR) is 155 cm³/mol. The van der Waals surface area contributed by atoms with E-state index in [0.29, 0.717) is 37.2 Å². The van der Waals surface area contributed by atoms with E-state index < -0.39 is 23.8 Å². The molecule has 1 rings (SSSR count). The van der Waals surface area contributed by atoms with Gasteiger partial charge in [-0.05, 0) is 58.1 Å². The van der Waals surface area contributed by atoms with E-state index in [0.717, 1.165) is 38.5 Å². The highest BCUT2D eigenvalue weighted by Crippen LogP contribution is 2.30. The summed E-state index contributed by atoms with van der Waals surface area (Å²) in [6, 6.07) is 4.74. The number of nitrogens with one attached hydrogen (secondary N) is 2. The number of ether oxygens (including phenoxy) is 1. The van der Waals surface area contributed by atoms with Crippen LogP contribution >= 0.6 is 11.8 Å². The number of hydrogen-bond acceptors (Lipinski definition) is 6. The van der Waals surface area contributed by atoms with Gasteiger partial charge in [0.2, 0.25) is 11.8 Å². The van der Waals surface area contributed by atoms with Crippen molar-refractivity contribution in [2.75, 3.05) is 25.1 Å². The number of phenols is 1. The van der Waals surface area contributed by atoms with Crippen LogP contribution in [0.15, 0.2) is 24.3 Å². The Balaban J connectivity index is 3.41. The Labute approximate surface area is 233 Å². The second kappa shape index (κ2) is 18.0. The minimum atomic E-state index is -1.02. The quantitative estimate of drug-likeness (QED) is 0.211. The molecule has 0 aliphatic rings. The highest BCUT2D eigenvalue weighted by atomic mass is 32.2. The first kappa shape index (κ1) is 33.6. The first-order valence-electron chi connectivity index (χ1n) is 13.9. The predicted octanol–water partition coefficient (Wildman–Crippen LogP) is 5.80. The average Bonchev–Trinajstić information content (AvgIpc) is 2.85. The minimum absolute atomic E-state index is 0.0484. The topological polar surface area (TPSA) is 108 Å². The number of carbonyl (C=O) groups excluding carboxylic acids is 3. The Morgan fingerprint density at radius 1 is 1.03 bits per heavy atom. The summed E-state index contributed by atoms with van der Waals surface area (Å²) in [7, 11) is 0. The molecule has 0 fully saturated rings. The summed E-state index contributed by atoms with van der Waals surface area (Å²) in [5.41, 5.74) is -0.350. The van der Waals surface area contributed by atoms with Gasteiger partial charge in [0.05, 0.1) is 0 Å². The van der Waals surface area contributed by atoms with Gasteiger partial charge in [-0.15, -0.1) is 0 Å². The van der Waals surface area contributed by atoms with E-state index in [9.17, 15) is 19.5 Å². The molecule has 0 bridgehead atoms. The van der Waals surface area contributed by atoms with Crippen molar-refractivity contribution in [2.24, 2.45) is 0 Å². The van der Waals surface area contributed by atoms with Crippen molar-refractivity contribution in [2.45, 2.75) is 104 Å². The molecule has 0 aromatic heterocycles. The molecule has 0 heterocycles. The van der Waals surface area contributed by atoms with Crippen molar-refractivity contribution in [1.29, 1.82) is 0 Å². The average molecular weight is 552 g/mol. The molecule has 0 spiro atoms. The fourth-order valence-corrected chi connectivity index (χ4v) is 4.52. The van der Waals surface area contributed by atoms with Crippen molar-refractivity contribution in [3.8, 4) is 5.75 Å². The summed E-state index contributed by atoms with van der Waals surface area (Å²) in [6.45, 7) is 10.3. The highest BCUT2D eigenvalue weighted by Gasteiger charge is 2.37. The number of nitrogens with zero attached hydrogens (tertiary/aromatic N) is 1. The number of amides is 3. The maximum atomic E-state index is 14.1. The fourth-order valence-electron chi connectivity index (χ4n) is 4.05. The zero-order chi connectivity index (χ0) is 28.6. The summed E-state index contributed by atoms with van der Waals surface area (Å²) in [5.74, 6) is -0.116. The van der Waals surface area contributed by atoms with E-state index in [2.05, 4.69) is 17.6 Å². The van der Waals surface area contributed by atoms with Gasteiger partial charge in [-0.2, -0.15) is 11.8 Å². The normalized spacial score (nSPS) is 12.9. The third-order valence-corrected chi connectivity index (χ3v) is 6.65. The number of para-hydroxylation sites is 1. The fraction of sp³-hybridized carbons (Fsp3) is 0.690. The lowest BCUT2D eigenvalue weighted by Gasteiger charge is -2.35. The van der Waals surface area contributed by atoms with Crippen LogP contribution in [0, 0.1) is 0 Å². The maximum absolute atomic E-state index is 14.1. The third kappa shape index (κ3) is 12.4. The Morgan fingerprint density at radius 2 is 1.68 bits per heavy atom. The van der Waals surface area contributed by atoms with Crippen LogP contribution in [0.2, 0.25) is 0 Å². The molecule has 38 heavy (non-hydrogen) atoms. The number of alkyl carbamates (subject to hydrolysis) is 1. The van der Waals surface area contributed by atoms with Crippen LogP contribution in [0.1, 0.15) is 97.6 Å². The van der Waals surface area contributed by atoms with Gasteiger partial charge >= 0.3 is 6.09 Å². The molecule has 0 aliphatic carbocycles. The number of thioether (sulfide) groups is 1. The first-order valence-corrected chi connectivity index (χ1v) is 15.3. The van der Waals surface area contributed by atoms with Crippen LogP contribution in [0.25, 0.3) is 0 Å². The molecule has 1 aromatic rings. The molecule has 1 aromatic carbocycles. The van der Waals surface area contributed by atoms with Gasteiger partial charge in [0.1, 0.15) is 23.4 Å². The van der Waals surface area contributed by atoms with Crippen LogP contribution in [-0.4, -0.2) is 64.7 Å². The summed E-state index contributed by atoms with van der Waals surface area (Å²) >= 11 is 1.57. The lowest BCUT2D eigenvalue weighted by molar-refractivity contribution is -0.142. The largest absolute Gasteiger partial charge is 0.508 e. The van der Waals surface area contributed by atoms with Gasteiger partial charge < -0.3 is 25.4 Å². The second-order valence-electron chi connectivity index (χ2n) is 10.5. The monoisotopic (exact) mass is 551 g/mol. The van der Waals surface area contributed by atoms with Crippen molar-refractivity contribution in [1.82, 2.24) is 15.5 Å². The number of benzene rings is 1. The van der Waals surface area contributed by atoms with E-state index >= 15 is 0 Å². The van der Waals surface area contributed by atoms with Gasteiger partial charge in [0.15, 0.2) is 0 Å². The van der Waals surface area contributed by atoms with Crippen LogP contribution in [0.5, 0.6) is 5.75 Å². The standard InChI is InChI=1S/C29H49N3O5S/c1-7-9-11-12-15-20-32(27(35)23(18-21-38-6)31-28(36)37-29(3,4)5)25(26(34)30-19-10-8-2)22-16-13-14-17-24(22)33/h13-14,16-17,23,25,33H,7-12,15,18-21H2,1-6H3,(H,30,34)(H,31,36). The van der Waals surface area contributed by atoms with Gasteiger partial charge in [0.25, 0.3) is 0 Å². The molecule has 3 N–H and O–H groups in total. The van der Waals surface area contributed by atoms with Crippen LogP contribution < -0.4 is 10.6 Å². The van der Waals surface area contributed by atoms with E-state index in [1.54, 1.807) is 50.7 Å². The van der Waals surface area contributed by atoms with Gasteiger partial charge in [0, 0.05) is 18.7 Å². The number of phenolic OH excluding ortho intramolecular Hbond substituents is 1. The summed E-state index contributed by atoms with van der Waals surface area (Å²) in [5, 5.41) is 16.4. The number of aromatic hydroxyl groups is 1. The minimum Gasteiger partial charge on any atom is -0.508 e. The van der Waals surface area contributed by atoms with Crippen molar-refractivity contribution in [3.63, 3.8) is 0 Å². The Hall–Kier alpha value is -2.42. The SMILES string of the molecule is CCCCCCCN(C(=O)C(CCSC)NC(=O)OC(C)(C)C)C(C(=O)NCCCC)c1ccccc1O. The summed E-state index contributed by atoms with van der Waals surface area (Å²) in [4.78, 5) is 41.9. The van der Waals surface area contributed by atoms with Crippen molar-refractivity contribution >= 4 is 29.7 Å². The molecule has 8 nitrogen and oxygen atoms in total. The van der Waals surface area contributed by atoms with Crippen molar-refractivity contribution < 1.29 is 24.2 Å². The van der Waals surface area contributed by atoms with Crippen LogP contribution in [0.3, 0.4) is 0 Å². The molecular formula is C29H49N3O5S. The van der Waals surface area contributed by atoms with E-state index in [1.165, 1.54) is 11.0 Å². The van der Waals surface area contributed by atoms with Gasteiger partial charge in [-0.3, -0.25) is 9.59 Å². The van der Waals surface area contributed by atoms with Crippen molar-refractivity contribution in [3.05, 3.63) is 29.8 Å².